The molecule has 0 heterocycles. The van der Waals surface area contributed by atoms with Crippen molar-refractivity contribution in [1.29, 1.82) is 0 Å². The van der Waals surface area contributed by atoms with Gasteiger partial charge in [0.05, 0.1) is 11.6 Å². The largest absolute Gasteiger partial charge is 0.377 e. The first-order valence-corrected chi connectivity index (χ1v) is 5.78. The van der Waals surface area contributed by atoms with E-state index in [-0.39, 0.29) is 11.6 Å². The van der Waals surface area contributed by atoms with Crippen molar-refractivity contribution in [1.82, 2.24) is 5.32 Å². The highest BCUT2D eigenvalue weighted by Gasteiger charge is 2.29. The number of benzene rings is 1. The van der Waals surface area contributed by atoms with Gasteiger partial charge in [0.15, 0.2) is 0 Å². The van der Waals surface area contributed by atoms with Gasteiger partial charge in [-0.25, -0.2) is 0 Å². The van der Waals surface area contributed by atoms with E-state index in [1.807, 2.05) is 26.1 Å². The molecule has 0 saturated carbocycles. The van der Waals surface area contributed by atoms with E-state index >= 15 is 0 Å². The fourth-order valence-electron chi connectivity index (χ4n) is 1.82. The van der Waals surface area contributed by atoms with Crippen LogP contribution >= 0.6 is 11.6 Å². The Bertz CT molecular complexity index is 363. The van der Waals surface area contributed by atoms with E-state index in [1.54, 1.807) is 7.11 Å². The summed E-state index contributed by atoms with van der Waals surface area (Å²) in [5, 5.41) is 4.07. The quantitative estimate of drug-likeness (QED) is 0.873. The van der Waals surface area contributed by atoms with Gasteiger partial charge in [0.1, 0.15) is 0 Å². The van der Waals surface area contributed by atoms with Gasteiger partial charge in [0.2, 0.25) is 0 Å². The fourth-order valence-corrected chi connectivity index (χ4v) is 2.01. The zero-order chi connectivity index (χ0) is 12.3. The molecule has 16 heavy (non-hydrogen) atoms. The number of hydrogen-bond acceptors (Lipinski definition) is 2. The van der Waals surface area contributed by atoms with Gasteiger partial charge in [-0.1, -0.05) is 23.7 Å². The third kappa shape index (κ3) is 2.76. The Balaban J connectivity index is 3.09. The second-order valence-corrected chi connectivity index (χ2v) is 4.95. The lowest BCUT2D eigenvalue weighted by Gasteiger charge is -2.33. The van der Waals surface area contributed by atoms with E-state index in [0.29, 0.717) is 0 Å². The summed E-state index contributed by atoms with van der Waals surface area (Å²) in [4.78, 5) is 0. The summed E-state index contributed by atoms with van der Waals surface area (Å²) in [5.74, 6) is 0. The maximum Gasteiger partial charge on any atom is 0.0816 e. The molecule has 1 N–H and O–H groups in total. The van der Waals surface area contributed by atoms with Crippen LogP contribution in [0.15, 0.2) is 18.2 Å². The highest BCUT2D eigenvalue weighted by molar-refractivity contribution is 6.31. The normalized spacial score (nSPS) is 13.9. The summed E-state index contributed by atoms with van der Waals surface area (Å²) in [6.07, 6.45) is 0. The lowest BCUT2D eigenvalue weighted by Crippen LogP contribution is -2.39. The summed E-state index contributed by atoms with van der Waals surface area (Å²) < 4.78 is 5.51. The Labute approximate surface area is 103 Å². The molecule has 1 atom stereocenters. The van der Waals surface area contributed by atoms with E-state index in [1.165, 1.54) is 0 Å². The van der Waals surface area contributed by atoms with Gasteiger partial charge in [-0.2, -0.15) is 0 Å². The van der Waals surface area contributed by atoms with Crippen molar-refractivity contribution in [2.45, 2.75) is 32.4 Å². The Hall–Kier alpha value is -0.570. The van der Waals surface area contributed by atoms with E-state index in [2.05, 4.69) is 25.2 Å². The lowest BCUT2D eigenvalue weighted by molar-refractivity contribution is -0.00898. The van der Waals surface area contributed by atoms with Crippen LogP contribution in [-0.4, -0.2) is 19.8 Å². The average molecular weight is 242 g/mol. The highest BCUT2D eigenvalue weighted by Crippen LogP contribution is 2.30. The third-order valence-electron chi connectivity index (χ3n) is 3.04. The molecule has 2 nitrogen and oxygen atoms in total. The molecular formula is C13H20ClNO. The van der Waals surface area contributed by atoms with E-state index in [4.69, 9.17) is 16.3 Å². The van der Waals surface area contributed by atoms with Crippen molar-refractivity contribution < 1.29 is 4.74 Å². The number of ether oxygens (including phenoxy) is 1. The molecule has 0 aliphatic rings. The predicted octanol–water partition coefficient (Wildman–Crippen LogP) is 3.33. The van der Waals surface area contributed by atoms with Crippen LogP contribution in [0.2, 0.25) is 5.02 Å². The van der Waals surface area contributed by atoms with Gasteiger partial charge in [-0.05, 0) is 45.0 Å². The number of halogens is 1. The molecule has 1 unspecified atom stereocenters. The molecule has 0 fully saturated rings. The maximum absolute atomic E-state index is 6.14. The molecule has 0 aromatic heterocycles. The Morgan fingerprint density at radius 3 is 2.44 bits per heavy atom. The van der Waals surface area contributed by atoms with Crippen LogP contribution in [0.5, 0.6) is 0 Å². The molecule has 0 saturated heterocycles. The Morgan fingerprint density at radius 1 is 1.38 bits per heavy atom. The van der Waals surface area contributed by atoms with E-state index in [0.717, 1.165) is 16.1 Å². The molecule has 3 heteroatoms. The van der Waals surface area contributed by atoms with Crippen LogP contribution in [0.3, 0.4) is 0 Å². The molecule has 0 amide bonds. The standard InChI is InChI=1S/C13H20ClNO/c1-9-6-7-10(8-11(9)14)12(15-4)13(2,3)16-5/h6-8,12,15H,1-5H3. The zero-order valence-corrected chi connectivity index (χ0v) is 11.4. The number of aryl methyl sites for hydroxylation is 1. The summed E-state index contributed by atoms with van der Waals surface area (Å²) >= 11 is 6.14. The smallest absolute Gasteiger partial charge is 0.0816 e. The second kappa shape index (κ2) is 5.17. The number of hydrogen-bond donors (Lipinski definition) is 1. The van der Waals surface area contributed by atoms with Crippen molar-refractivity contribution in [2.24, 2.45) is 0 Å². The van der Waals surface area contributed by atoms with Crippen molar-refractivity contribution in [3.8, 4) is 0 Å². The zero-order valence-electron chi connectivity index (χ0n) is 10.6. The molecule has 1 rings (SSSR count). The summed E-state index contributed by atoms with van der Waals surface area (Å²) in [6, 6.07) is 6.24. The SMILES string of the molecule is CNC(c1ccc(C)c(Cl)c1)C(C)(C)OC. The summed E-state index contributed by atoms with van der Waals surface area (Å²) in [7, 11) is 3.65. The minimum absolute atomic E-state index is 0.121. The number of methoxy groups -OCH3 is 1. The minimum Gasteiger partial charge on any atom is -0.377 e. The summed E-state index contributed by atoms with van der Waals surface area (Å²) in [6.45, 7) is 6.12. The van der Waals surface area contributed by atoms with Crippen molar-refractivity contribution in [2.75, 3.05) is 14.2 Å². The predicted molar refractivity (Wildman–Crippen MR) is 69.1 cm³/mol. The molecule has 0 aliphatic carbocycles. The van der Waals surface area contributed by atoms with Gasteiger partial charge in [0.25, 0.3) is 0 Å². The highest BCUT2D eigenvalue weighted by atomic mass is 35.5. The van der Waals surface area contributed by atoms with Gasteiger partial charge >= 0.3 is 0 Å². The first kappa shape index (κ1) is 13.5. The van der Waals surface area contributed by atoms with Gasteiger partial charge in [-0.3, -0.25) is 0 Å². The van der Waals surface area contributed by atoms with Crippen molar-refractivity contribution in [3.63, 3.8) is 0 Å². The Morgan fingerprint density at radius 2 is 2.00 bits per heavy atom. The Kier molecular flexibility index (Phi) is 4.36. The molecule has 1 aromatic carbocycles. The number of likely N-dealkylation sites (N-methyl/N-ethyl adjacent to an activating group) is 1. The first-order chi connectivity index (χ1) is 7.42. The number of rotatable bonds is 4. The van der Waals surface area contributed by atoms with Crippen LogP contribution in [0.25, 0.3) is 0 Å². The molecular weight excluding hydrogens is 222 g/mol. The molecule has 1 aromatic rings. The maximum atomic E-state index is 6.14. The topological polar surface area (TPSA) is 21.3 Å². The van der Waals surface area contributed by atoms with Crippen LogP contribution in [-0.2, 0) is 4.74 Å². The minimum atomic E-state index is -0.270. The lowest BCUT2D eigenvalue weighted by atomic mass is 9.91. The number of nitrogens with one attached hydrogen (secondary N) is 1. The van der Waals surface area contributed by atoms with Crippen LogP contribution in [0, 0.1) is 6.92 Å². The van der Waals surface area contributed by atoms with Crippen molar-refractivity contribution in [3.05, 3.63) is 34.3 Å². The second-order valence-electron chi connectivity index (χ2n) is 4.54. The van der Waals surface area contributed by atoms with Gasteiger partial charge in [-0.15, -0.1) is 0 Å². The van der Waals surface area contributed by atoms with E-state index in [9.17, 15) is 0 Å². The van der Waals surface area contributed by atoms with Crippen LogP contribution in [0.1, 0.15) is 31.0 Å². The van der Waals surface area contributed by atoms with Crippen molar-refractivity contribution >= 4 is 11.6 Å². The fraction of sp³-hybridized carbons (Fsp3) is 0.538. The molecule has 0 bridgehead atoms. The molecule has 0 radical (unpaired) electrons. The van der Waals surface area contributed by atoms with Gasteiger partial charge < -0.3 is 10.1 Å². The van der Waals surface area contributed by atoms with Crippen LogP contribution < -0.4 is 5.32 Å². The van der Waals surface area contributed by atoms with E-state index < -0.39 is 0 Å². The average Bonchev–Trinajstić information content (AvgIpc) is 2.24. The molecule has 90 valence electrons. The van der Waals surface area contributed by atoms with Gasteiger partial charge in [0, 0.05) is 12.1 Å². The first-order valence-electron chi connectivity index (χ1n) is 5.41. The third-order valence-corrected chi connectivity index (χ3v) is 3.45. The molecule has 0 aliphatic heterocycles. The summed E-state index contributed by atoms with van der Waals surface area (Å²) in [5.41, 5.74) is 1.97. The molecule has 0 spiro atoms. The van der Waals surface area contributed by atoms with Crippen LogP contribution in [0.4, 0.5) is 0 Å². The monoisotopic (exact) mass is 241 g/mol.